The molecule has 1 aromatic rings. The average molecular weight is 213 g/mol. The summed E-state index contributed by atoms with van der Waals surface area (Å²) >= 11 is 1.87. The van der Waals surface area contributed by atoms with Crippen LogP contribution in [0.2, 0.25) is 0 Å². The SMILES string of the molecule is CSCCNCc1c(C)nn(C)c1C. The number of nitrogens with zero attached hydrogens (tertiary/aromatic N) is 2. The predicted molar refractivity (Wildman–Crippen MR) is 62.8 cm³/mol. The van der Waals surface area contributed by atoms with Gasteiger partial charge in [0.05, 0.1) is 5.69 Å². The van der Waals surface area contributed by atoms with Crippen molar-refractivity contribution >= 4 is 11.8 Å². The molecular weight excluding hydrogens is 194 g/mol. The lowest BCUT2D eigenvalue weighted by Crippen LogP contribution is -2.17. The van der Waals surface area contributed by atoms with Gasteiger partial charge in [-0.15, -0.1) is 0 Å². The fourth-order valence-electron chi connectivity index (χ4n) is 1.46. The van der Waals surface area contributed by atoms with Crippen molar-refractivity contribution in [2.75, 3.05) is 18.6 Å². The van der Waals surface area contributed by atoms with Crippen LogP contribution >= 0.6 is 11.8 Å². The van der Waals surface area contributed by atoms with Crippen LogP contribution in [-0.4, -0.2) is 28.3 Å². The maximum Gasteiger partial charge on any atom is 0.0641 e. The van der Waals surface area contributed by atoms with E-state index >= 15 is 0 Å². The van der Waals surface area contributed by atoms with E-state index in [4.69, 9.17) is 0 Å². The molecule has 0 bridgehead atoms. The van der Waals surface area contributed by atoms with Crippen LogP contribution in [0.5, 0.6) is 0 Å². The molecule has 1 rings (SSSR count). The number of rotatable bonds is 5. The molecule has 0 spiro atoms. The zero-order valence-electron chi connectivity index (χ0n) is 9.42. The molecule has 4 heteroatoms. The molecule has 14 heavy (non-hydrogen) atoms. The van der Waals surface area contributed by atoms with Gasteiger partial charge in [0, 0.05) is 37.1 Å². The highest BCUT2D eigenvalue weighted by atomic mass is 32.2. The standard InChI is InChI=1S/C10H19N3S/c1-8-10(7-11-5-6-14-4)9(2)13(3)12-8/h11H,5-7H2,1-4H3. The van der Waals surface area contributed by atoms with E-state index in [0.717, 1.165) is 18.8 Å². The minimum Gasteiger partial charge on any atom is -0.312 e. The summed E-state index contributed by atoms with van der Waals surface area (Å²) in [4.78, 5) is 0. The summed E-state index contributed by atoms with van der Waals surface area (Å²) in [6.45, 7) is 6.19. The van der Waals surface area contributed by atoms with Crippen molar-refractivity contribution in [1.29, 1.82) is 0 Å². The Morgan fingerprint density at radius 2 is 2.14 bits per heavy atom. The molecular formula is C10H19N3S. The minimum absolute atomic E-state index is 0.937. The van der Waals surface area contributed by atoms with Gasteiger partial charge in [-0.05, 0) is 20.1 Å². The summed E-state index contributed by atoms with van der Waals surface area (Å²) in [5.41, 5.74) is 3.74. The van der Waals surface area contributed by atoms with Crippen LogP contribution in [-0.2, 0) is 13.6 Å². The van der Waals surface area contributed by atoms with Crippen molar-refractivity contribution in [3.05, 3.63) is 17.0 Å². The molecule has 0 amide bonds. The van der Waals surface area contributed by atoms with Gasteiger partial charge >= 0.3 is 0 Å². The third-order valence-electron chi connectivity index (χ3n) is 2.44. The largest absolute Gasteiger partial charge is 0.312 e. The van der Waals surface area contributed by atoms with E-state index < -0.39 is 0 Å². The van der Waals surface area contributed by atoms with Crippen molar-refractivity contribution in [2.24, 2.45) is 7.05 Å². The van der Waals surface area contributed by atoms with E-state index in [-0.39, 0.29) is 0 Å². The molecule has 1 heterocycles. The number of nitrogens with one attached hydrogen (secondary N) is 1. The Bertz CT molecular complexity index is 294. The molecule has 0 aliphatic heterocycles. The molecule has 0 fully saturated rings. The first-order chi connectivity index (χ1) is 6.66. The van der Waals surface area contributed by atoms with Gasteiger partial charge in [0.15, 0.2) is 0 Å². The van der Waals surface area contributed by atoms with Crippen LogP contribution in [0.3, 0.4) is 0 Å². The Hall–Kier alpha value is -0.480. The highest BCUT2D eigenvalue weighted by Gasteiger charge is 2.07. The number of hydrogen-bond donors (Lipinski definition) is 1. The molecule has 0 unspecified atom stereocenters. The van der Waals surface area contributed by atoms with E-state index in [0.29, 0.717) is 0 Å². The van der Waals surface area contributed by atoms with Crippen molar-refractivity contribution < 1.29 is 0 Å². The first-order valence-corrected chi connectivity index (χ1v) is 6.25. The molecule has 0 radical (unpaired) electrons. The molecule has 80 valence electrons. The summed E-state index contributed by atoms with van der Waals surface area (Å²) in [6.07, 6.45) is 2.13. The van der Waals surface area contributed by atoms with Gasteiger partial charge in [0.2, 0.25) is 0 Å². The third-order valence-corrected chi connectivity index (χ3v) is 3.06. The fourth-order valence-corrected chi connectivity index (χ4v) is 1.81. The molecule has 3 nitrogen and oxygen atoms in total. The Morgan fingerprint density at radius 3 is 2.64 bits per heavy atom. The van der Waals surface area contributed by atoms with Crippen LogP contribution in [0.15, 0.2) is 0 Å². The van der Waals surface area contributed by atoms with Gasteiger partial charge in [0.1, 0.15) is 0 Å². The molecule has 0 saturated heterocycles. The first-order valence-electron chi connectivity index (χ1n) is 4.85. The van der Waals surface area contributed by atoms with E-state index in [1.807, 2.05) is 23.5 Å². The lowest BCUT2D eigenvalue weighted by Gasteiger charge is -2.03. The van der Waals surface area contributed by atoms with Crippen molar-refractivity contribution in [3.63, 3.8) is 0 Å². The van der Waals surface area contributed by atoms with Crippen molar-refractivity contribution in [1.82, 2.24) is 15.1 Å². The molecule has 0 aromatic carbocycles. The van der Waals surface area contributed by atoms with Crippen molar-refractivity contribution in [2.45, 2.75) is 20.4 Å². The lowest BCUT2D eigenvalue weighted by atomic mass is 10.2. The number of aryl methyl sites for hydroxylation is 2. The monoisotopic (exact) mass is 213 g/mol. The molecule has 0 aliphatic carbocycles. The lowest BCUT2D eigenvalue weighted by molar-refractivity contribution is 0.713. The zero-order chi connectivity index (χ0) is 10.6. The minimum atomic E-state index is 0.937. The Kier molecular flexibility index (Phi) is 4.48. The maximum atomic E-state index is 4.38. The number of aromatic nitrogens is 2. The number of hydrogen-bond acceptors (Lipinski definition) is 3. The normalized spacial score (nSPS) is 10.9. The van der Waals surface area contributed by atoms with Crippen LogP contribution in [0.25, 0.3) is 0 Å². The summed E-state index contributed by atoms with van der Waals surface area (Å²) in [5, 5.41) is 7.80. The zero-order valence-corrected chi connectivity index (χ0v) is 10.2. The first kappa shape index (κ1) is 11.6. The summed E-state index contributed by atoms with van der Waals surface area (Å²) in [6, 6.07) is 0. The molecule has 0 saturated carbocycles. The second-order valence-electron chi connectivity index (χ2n) is 3.44. The quantitative estimate of drug-likeness (QED) is 0.752. The van der Waals surface area contributed by atoms with Crippen LogP contribution in [0.1, 0.15) is 17.0 Å². The van der Waals surface area contributed by atoms with E-state index in [2.05, 4.69) is 30.5 Å². The summed E-state index contributed by atoms with van der Waals surface area (Å²) < 4.78 is 1.95. The molecule has 0 atom stereocenters. The highest BCUT2D eigenvalue weighted by molar-refractivity contribution is 7.98. The van der Waals surface area contributed by atoms with Crippen LogP contribution in [0.4, 0.5) is 0 Å². The Labute approximate surface area is 90.3 Å². The van der Waals surface area contributed by atoms with Gasteiger partial charge in [0.25, 0.3) is 0 Å². The van der Waals surface area contributed by atoms with E-state index in [1.165, 1.54) is 17.0 Å². The third kappa shape index (κ3) is 2.75. The maximum absolute atomic E-state index is 4.38. The molecule has 1 N–H and O–H groups in total. The average Bonchev–Trinajstić information content (AvgIpc) is 2.38. The van der Waals surface area contributed by atoms with Gasteiger partial charge < -0.3 is 5.32 Å². The van der Waals surface area contributed by atoms with Gasteiger partial charge in [-0.1, -0.05) is 0 Å². The van der Waals surface area contributed by atoms with E-state index in [9.17, 15) is 0 Å². The smallest absolute Gasteiger partial charge is 0.0641 e. The van der Waals surface area contributed by atoms with Gasteiger partial charge in [-0.25, -0.2) is 0 Å². The Morgan fingerprint density at radius 1 is 1.43 bits per heavy atom. The van der Waals surface area contributed by atoms with Gasteiger partial charge in [-0.2, -0.15) is 16.9 Å². The fraction of sp³-hybridized carbons (Fsp3) is 0.700. The predicted octanol–water partition coefficient (Wildman–Crippen LogP) is 1.49. The second-order valence-corrected chi connectivity index (χ2v) is 4.43. The summed E-state index contributed by atoms with van der Waals surface area (Å²) in [5.74, 6) is 1.17. The van der Waals surface area contributed by atoms with Gasteiger partial charge in [-0.3, -0.25) is 4.68 Å². The van der Waals surface area contributed by atoms with Crippen LogP contribution in [0, 0.1) is 13.8 Å². The van der Waals surface area contributed by atoms with E-state index in [1.54, 1.807) is 0 Å². The summed E-state index contributed by atoms with van der Waals surface area (Å²) in [7, 11) is 1.99. The number of thioether (sulfide) groups is 1. The molecule has 1 aromatic heterocycles. The molecule has 0 aliphatic rings. The van der Waals surface area contributed by atoms with Crippen LogP contribution < -0.4 is 5.32 Å². The highest BCUT2D eigenvalue weighted by Crippen LogP contribution is 2.10. The topological polar surface area (TPSA) is 29.9 Å². The second kappa shape index (κ2) is 5.41. The van der Waals surface area contributed by atoms with Crippen molar-refractivity contribution in [3.8, 4) is 0 Å². The Balaban J connectivity index is 2.49.